The summed E-state index contributed by atoms with van der Waals surface area (Å²) < 4.78 is 0. The maximum absolute atomic E-state index is 12.9. The quantitative estimate of drug-likeness (QED) is 0.909. The first-order valence-corrected chi connectivity index (χ1v) is 8.20. The maximum Gasteiger partial charge on any atom is 0.253 e. The van der Waals surface area contributed by atoms with Crippen LogP contribution in [-0.2, 0) is 11.3 Å². The lowest BCUT2D eigenvalue weighted by atomic mass is 9.96. The number of carbonyl (C=O) groups excluding carboxylic acids is 1. The molecule has 1 aliphatic heterocycles. The van der Waals surface area contributed by atoms with E-state index < -0.39 is 0 Å². The number of nitrogens with one attached hydrogen (secondary N) is 2. The molecule has 0 spiro atoms. The van der Waals surface area contributed by atoms with Crippen LogP contribution < -0.4 is 10.6 Å². The third-order valence-corrected chi connectivity index (χ3v) is 4.63. The van der Waals surface area contributed by atoms with Crippen molar-refractivity contribution in [2.45, 2.75) is 25.4 Å². The van der Waals surface area contributed by atoms with Crippen LogP contribution in [0.25, 0.3) is 5.57 Å². The number of amides is 1. The van der Waals surface area contributed by atoms with Crippen LogP contribution >= 0.6 is 0 Å². The largest absolute Gasteiger partial charge is 0.386 e. The zero-order valence-electron chi connectivity index (χ0n) is 13.0. The molecule has 1 heterocycles. The highest BCUT2D eigenvalue weighted by Gasteiger charge is 2.34. The van der Waals surface area contributed by atoms with E-state index in [9.17, 15) is 4.79 Å². The minimum Gasteiger partial charge on any atom is -0.386 e. The molecule has 1 atom stereocenters. The van der Waals surface area contributed by atoms with Gasteiger partial charge in [-0.3, -0.25) is 4.79 Å². The van der Waals surface area contributed by atoms with Crippen LogP contribution in [0.15, 0.2) is 60.8 Å². The van der Waals surface area contributed by atoms with E-state index in [1.54, 1.807) is 0 Å². The lowest BCUT2D eigenvalue weighted by Crippen LogP contribution is -2.32. The molecule has 1 amide bonds. The van der Waals surface area contributed by atoms with Crippen LogP contribution in [0.3, 0.4) is 0 Å². The number of benzene rings is 2. The molecular weight excluding hydrogens is 284 g/mol. The van der Waals surface area contributed by atoms with Crippen molar-refractivity contribution in [2.75, 3.05) is 0 Å². The van der Waals surface area contributed by atoms with E-state index in [-0.39, 0.29) is 11.9 Å². The molecule has 0 unspecified atom stereocenters. The number of carbonyl (C=O) groups is 1. The molecule has 1 aliphatic carbocycles. The summed E-state index contributed by atoms with van der Waals surface area (Å²) in [4.78, 5) is 12.9. The van der Waals surface area contributed by atoms with Gasteiger partial charge in [-0.05, 0) is 35.4 Å². The summed E-state index contributed by atoms with van der Waals surface area (Å²) in [6.45, 7) is 0.775. The van der Waals surface area contributed by atoms with Gasteiger partial charge in [0.05, 0.1) is 11.6 Å². The molecule has 3 heteroatoms. The maximum atomic E-state index is 12.9. The molecule has 0 aromatic heterocycles. The van der Waals surface area contributed by atoms with Gasteiger partial charge in [0.1, 0.15) is 0 Å². The fourth-order valence-electron chi connectivity index (χ4n) is 3.25. The van der Waals surface area contributed by atoms with Crippen molar-refractivity contribution >= 4 is 11.5 Å². The van der Waals surface area contributed by atoms with Crippen molar-refractivity contribution in [3.63, 3.8) is 0 Å². The zero-order valence-corrected chi connectivity index (χ0v) is 13.0. The Labute approximate surface area is 136 Å². The van der Waals surface area contributed by atoms with E-state index >= 15 is 0 Å². The Hall–Kier alpha value is -2.55. The third-order valence-electron chi connectivity index (χ3n) is 4.63. The normalized spacial score (nSPS) is 17.5. The molecule has 116 valence electrons. The van der Waals surface area contributed by atoms with E-state index in [1.807, 2.05) is 42.6 Å². The lowest BCUT2D eigenvalue weighted by molar-refractivity contribution is -0.116. The van der Waals surface area contributed by atoms with Crippen molar-refractivity contribution in [1.82, 2.24) is 10.6 Å². The molecule has 23 heavy (non-hydrogen) atoms. The summed E-state index contributed by atoms with van der Waals surface area (Å²) in [5.74, 6) is 0.569. The van der Waals surface area contributed by atoms with Gasteiger partial charge in [0.15, 0.2) is 0 Å². The van der Waals surface area contributed by atoms with Crippen LogP contribution in [0, 0.1) is 5.92 Å². The van der Waals surface area contributed by atoms with Gasteiger partial charge in [-0.25, -0.2) is 0 Å². The Morgan fingerprint density at radius 3 is 2.57 bits per heavy atom. The van der Waals surface area contributed by atoms with Gasteiger partial charge in [-0.2, -0.15) is 0 Å². The SMILES string of the molecule is O=C(N[C@H](c1ccccc1)C1CC1)C1=CNCc2ccccc21. The van der Waals surface area contributed by atoms with Gasteiger partial charge in [-0.15, -0.1) is 0 Å². The second kappa shape index (κ2) is 5.92. The van der Waals surface area contributed by atoms with Crippen molar-refractivity contribution in [3.8, 4) is 0 Å². The Bertz CT molecular complexity index is 747. The highest BCUT2D eigenvalue weighted by atomic mass is 16.1. The second-order valence-electron chi connectivity index (χ2n) is 6.30. The van der Waals surface area contributed by atoms with Gasteiger partial charge in [0.2, 0.25) is 0 Å². The topological polar surface area (TPSA) is 41.1 Å². The lowest BCUT2D eigenvalue weighted by Gasteiger charge is -2.23. The first kappa shape index (κ1) is 14.1. The van der Waals surface area contributed by atoms with Gasteiger partial charge in [0.25, 0.3) is 5.91 Å². The number of hydrogen-bond acceptors (Lipinski definition) is 2. The van der Waals surface area contributed by atoms with E-state index in [0.717, 1.165) is 17.7 Å². The molecule has 2 aromatic carbocycles. The molecule has 2 N–H and O–H groups in total. The zero-order chi connectivity index (χ0) is 15.6. The van der Waals surface area contributed by atoms with Gasteiger partial charge < -0.3 is 10.6 Å². The van der Waals surface area contributed by atoms with Crippen LogP contribution in [0.4, 0.5) is 0 Å². The van der Waals surface area contributed by atoms with Crippen molar-refractivity contribution < 1.29 is 4.79 Å². The molecule has 1 fully saturated rings. The molecule has 2 aromatic rings. The monoisotopic (exact) mass is 304 g/mol. The molecule has 0 saturated heterocycles. The predicted octanol–water partition coefficient (Wildman–Crippen LogP) is 3.40. The minimum atomic E-state index is 0.00500. The Morgan fingerprint density at radius 2 is 1.78 bits per heavy atom. The van der Waals surface area contributed by atoms with E-state index in [4.69, 9.17) is 0 Å². The Morgan fingerprint density at radius 1 is 1.04 bits per heavy atom. The van der Waals surface area contributed by atoms with Crippen molar-refractivity contribution in [2.24, 2.45) is 5.92 Å². The van der Waals surface area contributed by atoms with Crippen LogP contribution in [0.2, 0.25) is 0 Å². The molecule has 0 bridgehead atoms. The van der Waals surface area contributed by atoms with Crippen LogP contribution in [-0.4, -0.2) is 5.91 Å². The highest BCUT2D eigenvalue weighted by Crippen LogP contribution is 2.41. The molecular formula is C20H20N2O. The van der Waals surface area contributed by atoms with Crippen LogP contribution in [0.1, 0.15) is 35.6 Å². The standard InChI is InChI=1S/C20H20N2O/c23-20(18-13-21-12-16-8-4-5-9-17(16)18)22-19(15-10-11-15)14-6-2-1-3-7-14/h1-9,13,15,19,21H,10-12H2,(H,22,23)/t19-/m1/s1. The van der Waals surface area contributed by atoms with Gasteiger partial charge in [0, 0.05) is 12.7 Å². The molecule has 1 saturated carbocycles. The van der Waals surface area contributed by atoms with Crippen molar-refractivity contribution in [1.29, 1.82) is 0 Å². The van der Waals surface area contributed by atoms with E-state index in [2.05, 4.69) is 28.8 Å². The second-order valence-corrected chi connectivity index (χ2v) is 6.30. The van der Waals surface area contributed by atoms with E-state index in [0.29, 0.717) is 5.92 Å². The number of rotatable bonds is 4. The smallest absolute Gasteiger partial charge is 0.253 e. The van der Waals surface area contributed by atoms with Gasteiger partial charge in [-0.1, -0.05) is 54.6 Å². The number of hydrogen-bond donors (Lipinski definition) is 2. The first-order valence-electron chi connectivity index (χ1n) is 8.20. The summed E-state index contributed by atoms with van der Waals surface area (Å²) in [6, 6.07) is 18.5. The predicted molar refractivity (Wildman–Crippen MR) is 91.3 cm³/mol. The summed E-state index contributed by atoms with van der Waals surface area (Å²) >= 11 is 0. The van der Waals surface area contributed by atoms with E-state index in [1.165, 1.54) is 24.0 Å². The van der Waals surface area contributed by atoms with Gasteiger partial charge >= 0.3 is 0 Å². The Kier molecular flexibility index (Phi) is 3.62. The fourth-order valence-corrected chi connectivity index (χ4v) is 3.25. The minimum absolute atomic E-state index is 0.00500. The highest BCUT2D eigenvalue weighted by molar-refractivity contribution is 6.20. The molecule has 2 aliphatic rings. The molecule has 4 rings (SSSR count). The average Bonchev–Trinajstić information content (AvgIpc) is 3.44. The summed E-state index contributed by atoms with van der Waals surface area (Å²) in [5.41, 5.74) is 4.13. The Balaban J connectivity index is 1.58. The number of fused-ring (bicyclic) bond motifs is 1. The summed E-state index contributed by atoms with van der Waals surface area (Å²) in [5, 5.41) is 6.47. The molecule has 3 nitrogen and oxygen atoms in total. The fraction of sp³-hybridized carbons (Fsp3) is 0.250. The summed E-state index contributed by atoms with van der Waals surface area (Å²) in [6.07, 6.45) is 4.22. The van der Waals surface area contributed by atoms with Crippen LogP contribution in [0.5, 0.6) is 0 Å². The third kappa shape index (κ3) is 2.87. The van der Waals surface area contributed by atoms with Crippen molar-refractivity contribution in [3.05, 3.63) is 77.5 Å². The molecule has 0 radical (unpaired) electrons. The average molecular weight is 304 g/mol. The summed E-state index contributed by atoms with van der Waals surface area (Å²) in [7, 11) is 0. The first-order chi connectivity index (χ1) is 11.3.